The Hall–Kier alpha value is -3.75. The van der Waals surface area contributed by atoms with Crippen LogP contribution in [-0.2, 0) is 4.79 Å². The molecule has 1 unspecified atom stereocenters. The number of benzene rings is 2. The van der Waals surface area contributed by atoms with E-state index in [0.717, 1.165) is 5.69 Å². The molecule has 0 aliphatic carbocycles. The minimum absolute atomic E-state index is 0.0536. The van der Waals surface area contributed by atoms with Crippen LogP contribution in [0.3, 0.4) is 0 Å². The van der Waals surface area contributed by atoms with E-state index in [2.05, 4.69) is 15.2 Å². The summed E-state index contributed by atoms with van der Waals surface area (Å²) in [5.74, 6) is -1.25. The van der Waals surface area contributed by atoms with E-state index in [-0.39, 0.29) is 23.8 Å². The largest absolute Gasteiger partial charge is 0.434 e. The van der Waals surface area contributed by atoms with Crippen LogP contribution in [0.5, 0.6) is 5.75 Å². The highest BCUT2D eigenvalue weighted by Gasteiger charge is 2.30. The number of nitrogens with one attached hydrogen (secondary N) is 1. The van der Waals surface area contributed by atoms with Gasteiger partial charge in [0.05, 0.1) is 22.9 Å². The Morgan fingerprint density at radius 3 is 2.66 bits per heavy atom. The number of ether oxygens (including phenoxy) is 1. The SMILES string of the molecule is O=C(Nc1ccccc1-n1cccn1)C1CCCN(C(=O)c2ccccc2OC(F)F)C1. The number of carbonyl (C=O) groups is 2. The average Bonchev–Trinajstić information content (AvgIpc) is 3.34. The first-order valence-electron chi connectivity index (χ1n) is 10.3. The molecule has 0 spiro atoms. The first-order valence-corrected chi connectivity index (χ1v) is 10.3. The Labute approximate surface area is 183 Å². The maximum Gasteiger partial charge on any atom is 0.387 e. The second-order valence-corrected chi connectivity index (χ2v) is 7.42. The Kier molecular flexibility index (Phi) is 6.44. The average molecular weight is 440 g/mol. The van der Waals surface area contributed by atoms with E-state index >= 15 is 0 Å². The van der Waals surface area contributed by atoms with E-state index in [1.807, 2.05) is 18.2 Å². The van der Waals surface area contributed by atoms with Gasteiger partial charge >= 0.3 is 6.61 Å². The molecule has 1 saturated heterocycles. The smallest absolute Gasteiger partial charge is 0.387 e. The zero-order chi connectivity index (χ0) is 22.5. The van der Waals surface area contributed by atoms with Crippen molar-refractivity contribution in [1.29, 1.82) is 0 Å². The summed E-state index contributed by atoms with van der Waals surface area (Å²) >= 11 is 0. The topological polar surface area (TPSA) is 76.5 Å². The molecule has 0 radical (unpaired) electrons. The Morgan fingerprint density at radius 1 is 1.09 bits per heavy atom. The lowest BCUT2D eigenvalue weighted by molar-refractivity contribution is -0.121. The summed E-state index contributed by atoms with van der Waals surface area (Å²) in [6.07, 6.45) is 4.68. The van der Waals surface area contributed by atoms with Gasteiger partial charge in [-0.2, -0.15) is 13.9 Å². The van der Waals surface area contributed by atoms with Crippen LogP contribution in [0.2, 0.25) is 0 Å². The summed E-state index contributed by atoms with van der Waals surface area (Å²) in [5, 5.41) is 7.16. The van der Waals surface area contributed by atoms with E-state index in [0.29, 0.717) is 25.1 Å². The first kappa shape index (κ1) is 21.5. The Balaban J connectivity index is 1.47. The molecule has 166 valence electrons. The van der Waals surface area contributed by atoms with Crippen molar-refractivity contribution >= 4 is 17.5 Å². The fourth-order valence-corrected chi connectivity index (χ4v) is 3.81. The van der Waals surface area contributed by atoms with Gasteiger partial charge in [-0.25, -0.2) is 4.68 Å². The number of amides is 2. The lowest BCUT2D eigenvalue weighted by Crippen LogP contribution is -2.44. The summed E-state index contributed by atoms with van der Waals surface area (Å²) in [4.78, 5) is 27.5. The summed E-state index contributed by atoms with van der Waals surface area (Å²) in [6, 6.07) is 15.0. The number of nitrogens with zero attached hydrogens (tertiary/aromatic N) is 3. The molecule has 1 aromatic heterocycles. The fourth-order valence-electron chi connectivity index (χ4n) is 3.81. The molecule has 7 nitrogen and oxygen atoms in total. The minimum Gasteiger partial charge on any atom is -0.434 e. The number of aromatic nitrogens is 2. The van der Waals surface area contributed by atoms with Crippen LogP contribution in [0.15, 0.2) is 67.0 Å². The summed E-state index contributed by atoms with van der Waals surface area (Å²) < 4.78 is 31.6. The van der Waals surface area contributed by atoms with Gasteiger partial charge in [-0.1, -0.05) is 24.3 Å². The maximum atomic E-state index is 13.0. The highest BCUT2D eigenvalue weighted by Crippen LogP contribution is 2.26. The molecule has 0 bridgehead atoms. The molecular formula is C23H22F2N4O3. The van der Waals surface area contributed by atoms with Crippen molar-refractivity contribution in [3.8, 4) is 11.4 Å². The lowest BCUT2D eigenvalue weighted by Gasteiger charge is -2.32. The van der Waals surface area contributed by atoms with E-state index in [1.54, 1.807) is 35.3 Å². The normalized spacial score (nSPS) is 16.1. The van der Waals surface area contributed by atoms with Crippen molar-refractivity contribution in [2.24, 2.45) is 5.92 Å². The van der Waals surface area contributed by atoms with Crippen LogP contribution in [-0.4, -0.2) is 46.2 Å². The van der Waals surface area contributed by atoms with Crippen molar-refractivity contribution in [2.45, 2.75) is 19.5 Å². The molecule has 1 fully saturated rings. The van der Waals surface area contributed by atoms with Gasteiger partial charge in [-0.05, 0) is 43.2 Å². The number of rotatable bonds is 6. The third kappa shape index (κ3) is 4.77. The number of likely N-dealkylation sites (tertiary alicyclic amines) is 1. The van der Waals surface area contributed by atoms with Crippen molar-refractivity contribution in [1.82, 2.24) is 14.7 Å². The van der Waals surface area contributed by atoms with Crippen LogP contribution in [0.4, 0.5) is 14.5 Å². The van der Waals surface area contributed by atoms with Gasteiger partial charge in [0.1, 0.15) is 5.75 Å². The fraction of sp³-hybridized carbons (Fsp3) is 0.261. The van der Waals surface area contributed by atoms with Crippen molar-refractivity contribution in [3.05, 3.63) is 72.6 Å². The van der Waals surface area contributed by atoms with E-state index in [4.69, 9.17) is 0 Å². The predicted octanol–water partition coefficient (Wildman–Crippen LogP) is 3.96. The first-order chi connectivity index (χ1) is 15.5. The van der Waals surface area contributed by atoms with Gasteiger partial charge in [-0.15, -0.1) is 0 Å². The van der Waals surface area contributed by atoms with Crippen molar-refractivity contribution in [2.75, 3.05) is 18.4 Å². The van der Waals surface area contributed by atoms with Gasteiger partial charge in [0.25, 0.3) is 5.91 Å². The predicted molar refractivity (Wildman–Crippen MR) is 114 cm³/mol. The molecule has 4 rings (SSSR count). The van der Waals surface area contributed by atoms with E-state index in [1.165, 1.54) is 23.1 Å². The molecule has 1 atom stereocenters. The number of piperidine rings is 1. The molecule has 0 saturated carbocycles. The van der Waals surface area contributed by atoms with Crippen molar-refractivity contribution < 1.29 is 23.1 Å². The molecule has 32 heavy (non-hydrogen) atoms. The van der Waals surface area contributed by atoms with Gasteiger partial charge in [0, 0.05) is 25.5 Å². The highest BCUT2D eigenvalue weighted by molar-refractivity contribution is 5.98. The molecule has 2 amide bonds. The monoisotopic (exact) mass is 440 g/mol. The van der Waals surface area contributed by atoms with Crippen LogP contribution in [0.1, 0.15) is 23.2 Å². The number of carbonyl (C=O) groups excluding carboxylic acids is 2. The summed E-state index contributed by atoms with van der Waals surface area (Å²) in [6.45, 7) is -2.40. The second kappa shape index (κ2) is 9.59. The quantitative estimate of drug-likeness (QED) is 0.630. The third-order valence-corrected chi connectivity index (χ3v) is 5.33. The van der Waals surface area contributed by atoms with Gasteiger partial charge in [-0.3, -0.25) is 9.59 Å². The Morgan fingerprint density at radius 2 is 1.88 bits per heavy atom. The second-order valence-electron chi connectivity index (χ2n) is 7.42. The number of hydrogen-bond donors (Lipinski definition) is 1. The number of alkyl halides is 2. The van der Waals surface area contributed by atoms with E-state index < -0.39 is 18.4 Å². The maximum absolute atomic E-state index is 13.0. The molecule has 3 aromatic rings. The third-order valence-electron chi connectivity index (χ3n) is 5.33. The minimum atomic E-state index is -3.03. The highest BCUT2D eigenvalue weighted by atomic mass is 19.3. The van der Waals surface area contributed by atoms with Gasteiger partial charge in [0.2, 0.25) is 5.91 Å². The van der Waals surface area contributed by atoms with Crippen LogP contribution in [0.25, 0.3) is 5.69 Å². The number of halogens is 2. The van der Waals surface area contributed by atoms with E-state index in [9.17, 15) is 18.4 Å². The molecular weight excluding hydrogens is 418 g/mol. The Bertz CT molecular complexity index is 1090. The van der Waals surface area contributed by atoms with Crippen LogP contribution in [0, 0.1) is 5.92 Å². The number of para-hydroxylation sites is 3. The molecule has 2 aromatic carbocycles. The van der Waals surface area contributed by atoms with Crippen molar-refractivity contribution in [3.63, 3.8) is 0 Å². The van der Waals surface area contributed by atoms with Gasteiger partial charge < -0.3 is 15.0 Å². The molecule has 1 aliphatic rings. The van der Waals surface area contributed by atoms with Crippen LogP contribution < -0.4 is 10.1 Å². The summed E-state index contributed by atoms with van der Waals surface area (Å²) in [5.41, 5.74) is 1.39. The number of hydrogen-bond acceptors (Lipinski definition) is 4. The van der Waals surface area contributed by atoms with Gasteiger partial charge in [0.15, 0.2) is 0 Å². The summed E-state index contributed by atoms with van der Waals surface area (Å²) in [7, 11) is 0. The molecule has 1 N–H and O–H groups in total. The molecule has 9 heteroatoms. The van der Waals surface area contributed by atoms with Crippen LogP contribution >= 0.6 is 0 Å². The zero-order valence-corrected chi connectivity index (χ0v) is 17.2. The number of anilines is 1. The zero-order valence-electron chi connectivity index (χ0n) is 17.2. The molecule has 1 aliphatic heterocycles. The molecule has 2 heterocycles. The lowest BCUT2D eigenvalue weighted by atomic mass is 9.96. The standard InChI is InChI=1S/C23H22F2N4O3/c24-23(25)32-20-11-4-1-8-17(20)22(31)28-13-5-7-16(15-28)21(30)27-18-9-2-3-10-19(18)29-14-6-12-26-29/h1-4,6,8-12,14,16,23H,5,7,13,15H2,(H,27,30).